The summed E-state index contributed by atoms with van der Waals surface area (Å²) in [6, 6.07) is 3.34. The third-order valence-corrected chi connectivity index (χ3v) is 6.48. The Kier molecular flexibility index (Phi) is 4.75. The molecule has 1 aliphatic rings. The Hall–Kier alpha value is -0.920. The van der Waals surface area contributed by atoms with Gasteiger partial charge < -0.3 is 5.32 Å². The second-order valence-corrected chi connectivity index (χ2v) is 9.41. The summed E-state index contributed by atoms with van der Waals surface area (Å²) in [6.07, 6.45) is 4.45. The van der Waals surface area contributed by atoms with Crippen molar-refractivity contribution >= 4 is 27.3 Å². The van der Waals surface area contributed by atoms with Gasteiger partial charge in [-0.2, -0.15) is 0 Å². The van der Waals surface area contributed by atoms with Crippen molar-refractivity contribution in [3.05, 3.63) is 17.0 Å². The van der Waals surface area contributed by atoms with Crippen LogP contribution < -0.4 is 10.5 Å². The van der Waals surface area contributed by atoms with E-state index in [1.165, 1.54) is 6.07 Å². The number of hydrogen-bond donors (Lipinski definition) is 2. The van der Waals surface area contributed by atoms with E-state index >= 15 is 0 Å². The highest BCUT2D eigenvalue weighted by Crippen LogP contribution is 2.35. The summed E-state index contributed by atoms with van der Waals surface area (Å²) in [5.41, 5.74) is 0.374. The number of nitrogens with one attached hydrogen (secondary N) is 1. The van der Waals surface area contributed by atoms with Gasteiger partial charge >= 0.3 is 0 Å². The molecule has 0 unspecified atom stereocenters. The molecule has 7 heteroatoms. The molecule has 1 aromatic heterocycles. The Morgan fingerprint density at radius 2 is 2.00 bits per heavy atom. The first-order valence-corrected chi connectivity index (χ1v) is 9.43. The third-order valence-electron chi connectivity index (χ3n) is 3.96. The first kappa shape index (κ1) is 16.5. The molecule has 0 saturated heterocycles. The van der Waals surface area contributed by atoms with Gasteiger partial charge in [-0.3, -0.25) is 4.79 Å². The van der Waals surface area contributed by atoms with Gasteiger partial charge in [0.05, 0.1) is 6.42 Å². The summed E-state index contributed by atoms with van der Waals surface area (Å²) < 4.78 is 22.5. The van der Waals surface area contributed by atoms with Gasteiger partial charge in [0.1, 0.15) is 4.21 Å². The van der Waals surface area contributed by atoms with Gasteiger partial charge in [0.25, 0.3) is 0 Å². The molecule has 0 bridgehead atoms. The number of hydrogen-bond acceptors (Lipinski definition) is 4. The summed E-state index contributed by atoms with van der Waals surface area (Å²) in [4.78, 5) is 12.7. The molecule has 0 radical (unpaired) electrons. The number of primary sulfonamides is 1. The molecule has 21 heavy (non-hydrogen) atoms. The Morgan fingerprint density at radius 3 is 2.52 bits per heavy atom. The molecule has 1 fully saturated rings. The average molecular weight is 330 g/mol. The zero-order valence-electron chi connectivity index (χ0n) is 12.4. The molecule has 118 valence electrons. The van der Waals surface area contributed by atoms with Crippen LogP contribution in [0.3, 0.4) is 0 Å². The Balaban J connectivity index is 1.87. The molecule has 0 atom stereocenters. The van der Waals surface area contributed by atoms with Crippen LogP contribution >= 0.6 is 11.3 Å². The number of carbonyl (C=O) groups excluding carboxylic acids is 1. The van der Waals surface area contributed by atoms with E-state index in [1.807, 2.05) is 0 Å². The normalized spacial score (nSPS) is 19.4. The van der Waals surface area contributed by atoms with Crippen molar-refractivity contribution in [2.75, 3.05) is 0 Å². The first-order chi connectivity index (χ1) is 9.66. The minimum absolute atomic E-state index is 0.0532. The summed E-state index contributed by atoms with van der Waals surface area (Å²) >= 11 is 1.06. The predicted molar refractivity (Wildman–Crippen MR) is 83.6 cm³/mol. The molecule has 0 spiro atoms. The van der Waals surface area contributed by atoms with E-state index in [0.29, 0.717) is 10.3 Å². The topological polar surface area (TPSA) is 89.3 Å². The predicted octanol–water partition coefficient (Wildman–Crippen LogP) is 2.02. The summed E-state index contributed by atoms with van der Waals surface area (Å²) in [5.74, 6) is -0.0532. The highest BCUT2D eigenvalue weighted by atomic mass is 32.2. The monoisotopic (exact) mass is 330 g/mol. The smallest absolute Gasteiger partial charge is 0.247 e. The summed E-state index contributed by atoms with van der Waals surface area (Å²) in [7, 11) is -3.67. The molecule has 2 rings (SSSR count). The number of nitrogens with two attached hydrogens (primary N) is 1. The van der Waals surface area contributed by atoms with Crippen LogP contribution in [0, 0.1) is 5.41 Å². The van der Waals surface area contributed by atoms with E-state index < -0.39 is 10.0 Å². The van der Waals surface area contributed by atoms with Gasteiger partial charge in [0.2, 0.25) is 15.9 Å². The number of carbonyl (C=O) groups is 1. The van der Waals surface area contributed by atoms with Gasteiger partial charge in [-0.25, -0.2) is 13.6 Å². The van der Waals surface area contributed by atoms with E-state index in [-0.39, 0.29) is 22.6 Å². The SMILES string of the molecule is CC1(C)CCC(NC(=O)Cc2ccc(S(N)(=O)=O)s2)CC1. The summed E-state index contributed by atoms with van der Waals surface area (Å²) in [5, 5.41) is 8.10. The van der Waals surface area contributed by atoms with Crippen LogP contribution in [0.25, 0.3) is 0 Å². The largest absolute Gasteiger partial charge is 0.353 e. The molecule has 1 saturated carbocycles. The average Bonchev–Trinajstić information content (AvgIpc) is 2.80. The number of rotatable bonds is 4. The van der Waals surface area contributed by atoms with E-state index in [9.17, 15) is 13.2 Å². The summed E-state index contributed by atoms with van der Waals surface area (Å²) in [6.45, 7) is 4.51. The number of thiophene rings is 1. The third kappa shape index (κ3) is 4.79. The molecule has 1 aliphatic carbocycles. The van der Waals surface area contributed by atoms with Crippen molar-refractivity contribution in [3.63, 3.8) is 0 Å². The molecule has 1 heterocycles. The lowest BCUT2D eigenvalue weighted by Crippen LogP contribution is -2.39. The van der Waals surface area contributed by atoms with Crippen LogP contribution in [-0.2, 0) is 21.2 Å². The van der Waals surface area contributed by atoms with E-state index in [1.54, 1.807) is 6.07 Å². The van der Waals surface area contributed by atoms with Crippen LogP contribution in [0.1, 0.15) is 44.4 Å². The van der Waals surface area contributed by atoms with Gasteiger partial charge in [-0.1, -0.05) is 13.8 Å². The van der Waals surface area contributed by atoms with E-state index in [4.69, 9.17) is 5.14 Å². The standard InChI is InChI=1S/C14H22N2O3S2/c1-14(2)7-5-10(6-8-14)16-12(17)9-11-3-4-13(20-11)21(15,18)19/h3-4,10H,5-9H2,1-2H3,(H,16,17)(H2,15,18,19). The van der Waals surface area contributed by atoms with Gasteiger partial charge in [0.15, 0.2) is 0 Å². The zero-order valence-corrected chi connectivity index (χ0v) is 14.0. The molecule has 0 aliphatic heterocycles. The van der Waals surface area contributed by atoms with Gasteiger partial charge in [-0.05, 0) is 43.2 Å². The lowest BCUT2D eigenvalue weighted by molar-refractivity contribution is -0.121. The zero-order chi connectivity index (χ0) is 15.7. The van der Waals surface area contributed by atoms with Crippen molar-refractivity contribution in [1.82, 2.24) is 5.32 Å². The van der Waals surface area contributed by atoms with Crippen molar-refractivity contribution in [3.8, 4) is 0 Å². The second kappa shape index (κ2) is 6.06. The fourth-order valence-corrected chi connectivity index (χ4v) is 4.36. The lowest BCUT2D eigenvalue weighted by Gasteiger charge is -2.34. The van der Waals surface area contributed by atoms with Crippen molar-refractivity contribution in [2.45, 2.75) is 56.2 Å². The lowest BCUT2D eigenvalue weighted by atomic mass is 9.75. The fourth-order valence-electron chi connectivity index (χ4n) is 2.59. The molecular weight excluding hydrogens is 308 g/mol. The van der Waals surface area contributed by atoms with Crippen LogP contribution in [0.2, 0.25) is 0 Å². The van der Waals surface area contributed by atoms with Gasteiger partial charge in [0, 0.05) is 10.9 Å². The highest BCUT2D eigenvalue weighted by molar-refractivity contribution is 7.91. The second-order valence-electron chi connectivity index (χ2n) is 6.45. The van der Waals surface area contributed by atoms with Crippen LogP contribution in [0.4, 0.5) is 0 Å². The van der Waals surface area contributed by atoms with Crippen LogP contribution in [0.5, 0.6) is 0 Å². The van der Waals surface area contributed by atoms with Crippen molar-refractivity contribution in [1.29, 1.82) is 0 Å². The maximum Gasteiger partial charge on any atom is 0.247 e. The minimum Gasteiger partial charge on any atom is -0.353 e. The van der Waals surface area contributed by atoms with Crippen molar-refractivity contribution < 1.29 is 13.2 Å². The first-order valence-electron chi connectivity index (χ1n) is 7.07. The van der Waals surface area contributed by atoms with Gasteiger partial charge in [-0.15, -0.1) is 11.3 Å². The molecule has 3 N–H and O–H groups in total. The molecule has 0 aromatic carbocycles. The minimum atomic E-state index is -3.67. The number of amides is 1. The van der Waals surface area contributed by atoms with Crippen LogP contribution in [0.15, 0.2) is 16.3 Å². The van der Waals surface area contributed by atoms with E-state index in [0.717, 1.165) is 37.0 Å². The maximum absolute atomic E-state index is 12.0. The molecule has 1 aromatic rings. The fraction of sp³-hybridized carbons (Fsp3) is 0.643. The van der Waals surface area contributed by atoms with Crippen LogP contribution in [-0.4, -0.2) is 20.4 Å². The van der Waals surface area contributed by atoms with Crippen molar-refractivity contribution in [2.24, 2.45) is 10.6 Å². The highest BCUT2D eigenvalue weighted by Gasteiger charge is 2.27. The Morgan fingerprint density at radius 1 is 1.38 bits per heavy atom. The Bertz CT molecular complexity index is 610. The maximum atomic E-state index is 12.0. The quantitative estimate of drug-likeness (QED) is 0.885. The molecule has 5 nitrogen and oxygen atoms in total. The van der Waals surface area contributed by atoms with E-state index in [2.05, 4.69) is 19.2 Å². The Labute approximate surface area is 130 Å². The number of sulfonamides is 1. The molecular formula is C14H22N2O3S2. The molecule has 1 amide bonds.